The summed E-state index contributed by atoms with van der Waals surface area (Å²) in [5.41, 5.74) is 1.53. The van der Waals surface area contributed by atoms with E-state index in [-0.39, 0.29) is 17.9 Å². The molecule has 1 atom stereocenters. The third-order valence-electron chi connectivity index (χ3n) is 4.71. The summed E-state index contributed by atoms with van der Waals surface area (Å²) in [5.74, 6) is 0.684. The molecule has 0 bridgehead atoms. The number of rotatable bonds is 7. The highest BCUT2D eigenvalue weighted by Crippen LogP contribution is 2.21. The summed E-state index contributed by atoms with van der Waals surface area (Å²) in [7, 11) is 1.61. The van der Waals surface area contributed by atoms with Crippen molar-refractivity contribution in [1.82, 2.24) is 4.90 Å². The highest BCUT2D eigenvalue weighted by atomic mass is 16.5. The lowest BCUT2D eigenvalue weighted by molar-refractivity contribution is -0.121. The van der Waals surface area contributed by atoms with Crippen molar-refractivity contribution in [2.75, 3.05) is 30.8 Å². The number of likely N-dealkylation sites (tertiary alicyclic amines) is 1. The Morgan fingerprint density at radius 3 is 2.44 bits per heavy atom. The number of nitrogens with one attached hydrogen (secondary N) is 2. The van der Waals surface area contributed by atoms with E-state index in [1.165, 1.54) is 0 Å². The quantitative estimate of drug-likeness (QED) is 0.789. The highest BCUT2D eigenvalue weighted by Gasteiger charge is 2.30. The number of carbonyl (C=O) groups excluding carboxylic acids is 2. The van der Waals surface area contributed by atoms with E-state index in [2.05, 4.69) is 15.5 Å². The van der Waals surface area contributed by atoms with Gasteiger partial charge in [-0.25, -0.2) is 0 Å². The second-order valence-corrected chi connectivity index (χ2v) is 6.58. The van der Waals surface area contributed by atoms with E-state index < -0.39 is 0 Å². The molecular weight excluding hydrogens is 342 g/mol. The summed E-state index contributed by atoms with van der Waals surface area (Å²) in [6.45, 7) is 1.40. The van der Waals surface area contributed by atoms with Gasteiger partial charge in [0.2, 0.25) is 11.8 Å². The third-order valence-corrected chi connectivity index (χ3v) is 4.71. The van der Waals surface area contributed by atoms with Gasteiger partial charge in [0.05, 0.1) is 13.2 Å². The van der Waals surface area contributed by atoms with Gasteiger partial charge in [0, 0.05) is 24.3 Å². The summed E-state index contributed by atoms with van der Waals surface area (Å²) in [6, 6.07) is 16.5. The Hall–Kier alpha value is -2.86. The van der Waals surface area contributed by atoms with Crippen LogP contribution in [0, 0.1) is 0 Å². The molecule has 6 heteroatoms. The lowest BCUT2D eigenvalue weighted by Crippen LogP contribution is -2.40. The zero-order valence-corrected chi connectivity index (χ0v) is 15.5. The fraction of sp³-hybridized carbons (Fsp3) is 0.333. The maximum absolute atomic E-state index is 12.6. The predicted molar refractivity (Wildman–Crippen MR) is 106 cm³/mol. The van der Waals surface area contributed by atoms with Crippen LogP contribution in [0.1, 0.15) is 19.3 Å². The first-order valence-electron chi connectivity index (χ1n) is 9.19. The average molecular weight is 367 g/mol. The monoisotopic (exact) mass is 367 g/mol. The number of nitrogens with zero attached hydrogens (tertiary/aromatic N) is 1. The molecule has 3 rings (SSSR count). The molecular formula is C21H25N3O3. The van der Waals surface area contributed by atoms with Crippen LogP contribution in [0.3, 0.4) is 0 Å². The molecule has 1 aliphatic heterocycles. The van der Waals surface area contributed by atoms with E-state index in [0.29, 0.717) is 13.0 Å². The molecule has 1 aliphatic rings. The minimum Gasteiger partial charge on any atom is -0.497 e. The SMILES string of the molecule is COc1ccc(NC(=O)[C@H]2CCCN2CCC(=O)Nc2ccccc2)cc1. The molecule has 0 aliphatic carbocycles. The van der Waals surface area contributed by atoms with Crippen molar-refractivity contribution in [3.63, 3.8) is 0 Å². The zero-order chi connectivity index (χ0) is 19.1. The number of methoxy groups -OCH3 is 1. The van der Waals surface area contributed by atoms with Crippen molar-refractivity contribution >= 4 is 23.2 Å². The van der Waals surface area contributed by atoms with Crippen LogP contribution in [0.15, 0.2) is 54.6 Å². The molecule has 2 amide bonds. The van der Waals surface area contributed by atoms with E-state index >= 15 is 0 Å². The second-order valence-electron chi connectivity index (χ2n) is 6.58. The number of ether oxygens (including phenoxy) is 1. The van der Waals surface area contributed by atoms with E-state index in [1.807, 2.05) is 54.6 Å². The fourth-order valence-corrected chi connectivity index (χ4v) is 3.28. The predicted octanol–water partition coefficient (Wildman–Crippen LogP) is 3.13. The van der Waals surface area contributed by atoms with Gasteiger partial charge in [-0.1, -0.05) is 18.2 Å². The van der Waals surface area contributed by atoms with Crippen LogP contribution in [-0.4, -0.2) is 43.0 Å². The minimum absolute atomic E-state index is 0.0267. The van der Waals surface area contributed by atoms with Crippen molar-refractivity contribution in [3.8, 4) is 5.75 Å². The first-order chi connectivity index (χ1) is 13.2. The van der Waals surface area contributed by atoms with Crippen LogP contribution in [0.25, 0.3) is 0 Å². The molecule has 0 aromatic heterocycles. The van der Waals surface area contributed by atoms with Gasteiger partial charge < -0.3 is 15.4 Å². The average Bonchev–Trinajstić information content (AvgIpc) is 3.16. The van der Waals surface area contributed by atoms with E-state index in [1.54, 1.807) is 7.11 Å². The first-order valence-corrected chi connectivity index (χ1v) is 9.19. The van der Waals surface area contributed by atoms with Crippen molar-refractivity contribution in [2.45, 2.75) is 25.3 Å². The Morgan fingerprint density at radius 2 is 1.74 bits per heavy atom. The Bertz CT molecular complexity index is 762. The number of hydrogen-bond acceptors (Lipinski definition) is 4. The van der Waals surface area contributed by atoms with Crippen LogP contribution in [0.2, 0.25) is 0 Å². The number of hydrogen-bond donors (Lipinski definition) is 2. The largest absolute Gasteiger partial charge is 0.497 e. The molecule has 1 fully saturated rings. The van der Waals surface area contributed by atoms with Crippen molar-refractivity contribution in [1.29, 1.82) is 0 Å². The standard InChI is InChI=1S/C21H25N3O3/c1-27-18-11-9-17(10-12-18)23-21(26)19-8-5-14-24(19)15-13-20(25)22-16-6-3-2-4-7-16/h2-4,6-7,9-12,19H,5,8,13-15H2,1H3,(H,22,25)(H,23,26)/t19-/m1/s1. The van der Waals surface area contributed by atoms with Crippen molar-refractivity contribution in [3.05, 3.63) is 54.6 Å². The molecule has 0 radical (unpaired) electrons. The van der Waals surface area contributed by atoms with Crippen molar-refractivity contribution < 1.29 is 14.3 Å². The lowest BCUT2D eigenvalue weighted by Gasteiger charge is -2.23. The van der Waals surface area contributed by atoms with Gasteiger partial charge >= 0.3 is 0 Å². The third kappa shape index (κ3) is 5.31. The maximum atomic E-state index is 12.6. The molecule has 27 heavy (non-hydrogen) atoms. The minimum atomic E-state index is -0.198. The lowest BCUT2D eigenvalue weighted by atomic mass is 10.2. The Balaban J connectivity index is 1.50. The number of benzene rings is 2. The van der Waals surface area contributed by atoms with Gasteiger partial charge in [-0.15, -0.1) is 0 Å². The molecule has 0 saturated carbocycles. The molecule has 6 nitrogen and oxygen atoms in total. The summed E-state index contributed by atoms with van der Waals surface area (Å²) >= 11 is 0. The van der Waals surface area contributed by atoms with Gasteiger partial charge in [-0.05, 0) is 55.8 Å². The van der Waals surface area contributed by atoms with Crippen molar-refractivity contribution in [2.24, 2.45) is 0 Å². The summed E-state index contributed by atoms with van der Waals surface area (Å²) in [5, 5.41) is 5.84. The number of anilines is 2. The van der Waals surface area contributed by atoms with E-state index in [0.717, 1.165) is 36.5 Å². The van der Waals surface area contributed by atoms with Crippen LogP contribution in [0.4, 0.5) is 11.4 Å². The van der Waals surface area contributed by atoms with Gasteiger partial charge in [0.1, 0.15) is 5.75 Å². The van der Waals surface area contributed by atoms with Gasteiger partial charge in [0.25, 0.3) is 0 Å². The van der Waals surface area contributed by atoms with Gasteiger partial charge in [-0.2, -0.15) is 0 Å². The summed E-state index contributed by atoms with van der Waals surface area (Å²) in [4.78, 5) is 26.9. The first kappa shape index (κ1) is 18.9. The van der Waals surface area contributed by atoms with Crippen LogP contribution in [0.5, 0.6) is 5.75 Å². The molecule has 0 spiro atoms. The Morgan fingerprint density at radius 1 is 1.04 bits per heavy atom. The highest BCUT2D eigenvalue weighted by molar-refractivity contribution is 5.95. The Kier molecular flexibility index (Phi) is 6.44. The molecule has 2 aromatic carbocycles. The van der Waals surface area contributed by atoms with E-state index in [4.69, 9.17) is 4.74 Å². The van der Waals surface area contributed by atoms with Gasteiger partial charge in [-0.3, -0.25) is 14.5 Å². The summed E-state index contributed by atoms with van der Waals surface area (Å²) < 4.78 is 5.13. The smallest absolute Gasteiger partial charge is 0.241 e. The fourth-order valence-electron chi connectivity index (χ4n) is 3.28. The molecule has 142 valence electrons. The second kappa shape index (κ2) is 9.19. The van der Waals surface area contributed by atoms with Crippen LogP contribution >= 0.6 is 0 Å². The normalized spacial score (nSPS) is 16.7. The number of carbonyl (C=O) groups is 2. The topological polar surface area (TPSA) is 70.7 Å². The molecule has 2 aromatic rings. The summed E-state index contributed by atoms with van der Waals surface area (Å²) in [6.07, 6.45) is 2.13. The van der Waals surface area contributed by atoms with Crippen LogP contribution < -0.4 is 15.4 Å². The Labute approximate surface area is 159 Å². The molecule has 2 N–H and O–H groups in total. The zero-order valence-electron chi connectivity index (χ0n) is 15.5. The number of para-hydroxylation sites is 1. The number of amides is 2. The molecule has 1 heterocycles. The maximum Gasteiger partial charge on any atom is 0.241 e. The van der Waals surface area contributed by atoms with E-state index in [9.17, 15) is 9.59 Å². The molecule has 0 unspecified atom stereocenters. The van der Waals surface area contributed by atoms with Gasteiger partial charge in [0.15, 0.2) is 0 Å². The van der Waals surface area contributed by atoms with Crippen LogP contribution in [-0.2, 0) is 9.59 Å². The molecule has 1 saturated heterocycles.